The van der Waals surface area contributed by atoms with Crippen LogP contribution in [0.1, 0.15) is 11.1 Å². The van der Waals surface area contributed by atoms with Crippen LogP contribution in [0.2, 0.25) is 0 Å². The van der Waals surface area contributed by atoms with Gasteiger partial charge < -0.3 is 4.57 Å². The Morgan fingerprint density at radius 1 is 0.652 bits per heavy atom. The van der Waals surface area contributed by atoms with Crippen LogP contribution in [0, 0.1) is 13.8 Å². The Hall–Kier alpha value is -1.63. The van der Waals surface area contributed by atoms with Crippen LogP contribution in [0.15, 0.2) is 77.3 Å². The summed E-state index contributed by atoms with van der Waals surface area (Å²) in [4.78, 5) is 0. The zero-order valence-electron chi connectivity index (χ0n) is 13.2. The van der Waals surface area contributed by atoms with Gasteiger partial charge in [-0.1, -0.05) is 76.6 Å². The third kappa shape index (κ3) is 2.82. The van der Waals surface area contributed by atoms with Crippen LogP contribution in [-0.2, 0) is 4.57 Å². The molecule has 0 radical (unpaired) electrons. The number of aryl methyl sites for hydroxylation is 2. The van der Waals surface area contributed by atoms with Gasteiger partial charge in [-0.3, -0.25) is 0 Å². The van der Waals surface area contributed by atoms with Crippen molar-refractivity contribution in [3.05, 3.63) is 88.4 Å². The Kier molecular flexibility index (Phi) is 4.57. The molecule has 0 aliphatic rings. The predicted octanol–water partition coefficient (Wildman–Crippen LogP) is 4.71. The molecule has 3 heteroatoms. The van der Waals surface area contributed by atoms with Crippen molar-refractivity contribution in [2.24, 2.45) is 0 Å². The maximum absolute atomic E-state index is 14.5. The standard InChI is InChI=1S/C20H18BrOP/c1-15-9-3-6-12-18(15)23(22,19-13-7-4-10-16(19)2)20-14-8-5-11-17(20)21/h3-14H,1-2H3. The van der Waals surface area contributed by atoms with Crippen molar-refractivity contribution in [3.63, 3.8) is 0 Å². The Bertz CT molecular complexity index is 784. The van der Waals surface area contributed by atoms with E-state index in [0.29, 0.717) is 0 Å². The molecule has 0 aliphatic heterocycles. The van der Waals surface area contributed by atoms with E-state index in [0.717, 1.165) is 31.5 Å². The molecule has 0 saturated carbocycles. The largest absolute Gasteiger partial charge is 0.309 e. The summed E-state index contributed by atoms with van der Waals surface area (Å²) in [5.74, 6) is 0. The minimum absolute atomic E-state index is 0.851. The second kappa shape index (κ2) is 6.47. The molecule has 0 heterocycles. The average molecular weight is 385 g/mol. The molecule has 0 aromatic heterocycles. The van der Waals surface area contributed by atoms with E-state index in [2.05, 4.69) is 15.9 Å². The van der Waals surface area contributed by atoms with E-state index >= 15 is 0 Å². The summed E-state index contributed by atoms with van der Waals surface area (Å²) in [7, 11) is -2.94. The molecular weight excluding hydrogens is 367 g/mol. The van der Waals surface area contributed by atoms with E-state index in [4.69, 9.17) is 0 Å². The lowest BCUT2D eigenvalue weighted by Crippen LogP contribution is -2.28. The van der Waals surface area contributed by atoms with Crippen LogP contribution < -0.4 is 15.9 Å². The highest BCUT2D eigenvalue weighted by Gasteiger charge is 2.33. The van der Waals surface area contributed by atoms with Crippen molar-refractivity contribution < 1.29 is 4.57 Å². The number of benzene rings is 3. The van der Waals surface area contributed by atoms with Crippen molar-refractivity contribution in [3.8, 4) is 0 Å². The lowest BCUT2D eigenvalue weighted by molar-refractivity contribution is 0.592. The second-order valence-corrected chi connectivity index (χ2v) is 9.15. The number of hydrogen-bond donors (Lipinski definition) is 0. The van der Waals surface area contributed by atoms with Gasteiger partial charge in [0, 0.05) is 20.4 Å². The van der Waals surface area contributed by atoms with Crippen molar-refractivity contribution in [2.75, 3.05) is 0 Å². The summed E-state index contributed by atoms with van der Waals surface area (Å²) >= 11 is 3.60. The lowest BCUT2D eigenvalue weighted by atomic mass is 10.2. The van der Waals surface area contributed by atoms with E-state index in [-0.39, 0.29) is 0 Å². The van der Waals surface area contributed by atoms with Crippen molar-refractivity contribution >= 4 is 39.0 Å². The molecule has 0 N–H and O–H groups in total. The predicted molar refractivity (Wildman–Crippen MR) is 103 cm³/mol. The van der Waals surface area contributed by atoms with Crippen LogP contribution >= 0.6 is 23.1 Å². The topological polar surface area (TPSA) is 17.1 Å². The van der Waals surface area contributed by atoms with Crippen LogP contribution in [0.5, 0.6) is 0 Å². The van der Waals surface area contributed by atoms with Crippen LogP contribution in [0.3, 0.4) is 0 Å². The Morgan fingerprint density at radius 3 is 1.48 bits per heavy atom. The fraction of sp³-hybridized carbons (Fsp3) is 0.100. The Balaban J connectivity index is 2.41. The third-order valence-corrected chi connectivity index (χ3v) is 8.53. The molecule has 0 saturated heterocycles. The molecule has 0 fully saturated rings. The van der Waals surface area contributed by atoms with Crippen LogP contribution in [0.25, 0.3) is 0 Å². The van der Waals surface area contributed by atoms with Gasteiger partial charge in [-0.2, -0.15) is 0 Å². The molecule has 0 atom stereocenters. The number of hydrogen-bond acceptors (Lipinski definition) is 1. The SMILES string of the molecule is Cc1ccccc1P(=O)(c1ccccc1C)c1ccccc1Br. The normalized spacial score (nSPS) is 11.4. The summed E-state index contributed by atoms with van der Waals surface area (Å²) in [5, 5.41) is 2.66. The molecule has 0 spiro atoms. The quantitative estimate of drug-likeness (QED) is 0.597. The van der Waals surface area contributed by atoms with Gasteiger partial charge >= 0.3 is 0 Å². The smallest absolute Gasteiger partial charge is 0.172 e. The molecule has 116 valence electrons. The molecule has 0 aliphatic carbocycles. The van der Waals surface area contributed by atoms with Gasteiger partial charge in [-0.05, 0) is 37.1 Å². The number of halogens is 1. The fourth-order valence-corrected chi connectivity index (χ4v) is 7.15. The van der Waals surface area contributed by atoms with E-state index in [1.165, 1.54) is 0 Å². The van der Waals surface area contributed by atoms with Crippen molar-refractivity contribution in [1.29, 1.82) is 0 Å². The van der Waals surface area contributed by atoms with Gasteiger partial charge in [0.2, 0.25) is 0 Å². The molecule has 1 nitrogen and oxygen atoms in total. The summed E-state index contributed by atoms with van der Waals surface area (Å²) < 4.78 is 15.3. The first kappa shape index (κ1) is 16.2. The molecule has 0 unspecified atom stereocenters. The Morgan fingerprint density at radius 2 is 1.04 bits per heavy atom. The van der Waals surface area contributed by atoms with Gasteiger partial charge in [-0.15, -0.1) is 0 Å². The maximum Gasteiger partial charge on any atom is 0.172 e. The fourth-order valence-electron chi connectivity index (χ4n) is 2.93. The van der Waals surface area contributed by atoms with Gasteiger partial charge in [0.15, 0.2) is 7.14 Å². The molecular formula is C20H18BrOP. The van der Waals surface area contributed by atoms with Crippen molar-refractivity contribution in [1.82, 2.24) is 0 Å². The third-order valence-electron chi connectivity index (χ3n) is 4.10. The van der Waals surface area contributed by atoms with Crippen molar-refractivity contribution in [2.45, 2.75) is 13.8 Å². The van der Waals surface area contributed by atoms with Gasteiger partial charge in [0.05, 0.1) is 0 Å². The van der Waals surface area contributed by atoms with E-state index < -0.39 is 7.14 Å². The zero-order valence-corrected chi connectivity index (χ0v) is 15.6. The lowest BCUT2D eigenvalue weighted by Gasteiger charge is -2.24. The first-order valence-corrected chi connectivity index (χ1v) is 10.0. The van der Waals surface area contributed by atoms with Gasteiger partial charge in [0.1, 0.15) is 0 Å². The van der Waals surface area contributed by atoms with E-state index in [9.17, 15) is 4.57 Å². The first-order chi connectivity index (χ1) is 11.0. The van der Waals surface area contributed by atoms with Gasteiger partial charge in [-0.25, -0.2) is 0 Å². The van der Waals surface area contributed by atoms with E-state index in [1.54, 1.807) is 0 Å². The molecule has 23 heavy (non-hydrogen) atoms. The first-order valence-electron chi connectivity index (χ1n) is 7.52. The minimum atomic E-state index is -2.94. The summed E-state index contributed by atoms with van der Waals surface area (Å²) in [6, 6.07) is 23.7. The second-order valence-electron chi connectivity index (χ2n) is 5.63. The highest BCUT2D eigenvalue weighted by atomic mass is 79.9. The van der Waals surface area contributed by atoms with E-state index in [1.807, 2.05) is 86.6 Å². The van der Waals surface area contributed by atoms with Gasteiger partial charge in [0.25, 0.3) is 0 Å². The Labute approximate surface area is 145 Å². The zero-order chi connectivity index (χ0) is 16.4. The molecule has 0 bridgehead atoms. The maximum atomic E-state index is 14.5. The monoisotopic (exact) mass is 384 g/mol. The average Bonchev–Trinajstić information content (AvgIpc) is 2.55. The molecule has 3 rings (SSSR count). The molecule has 0 amide bonds. The highest BCUT2D eigenvalue weighted by molar-refractivity contribution is 9.10. The summed E-state index contributed by atoms with van der Waals surface area (Å²) in [6.45, 7) is 4.05. The molecule has 3 aromatic carbocycles. The van der Waals surface area contributed by atoms with Crippen LogP contribution in [0.4, 0.5) is 0 Å². The van der Waals surface area contributed by atoms with Crippen LogP contribution in [-0.4, -0.2) is 0 Å². The molecule has 3 aromatic rings. The summed E-state index contributed by atoms with van der Waals surface area (Å²) in [6.07, 6.45) is 0. The number of rotatable bonds is 3. The highest BCUT2D eigenvalue weighted by Crippen LogP contribution is 2.45. The minimum Gasteiger partial charge on any atom is -0.309 e. The summed E-state index contributed by atoms with van der Waals surface area (Å²) in [5.41, 5.74) is 2.10.